The van der Waals surface area contributed by atoms with E-state index in [1.165, 1.54) is 22.3 Å². The summed E-state index contributed by atoms with van der Waals surface area (Å²) in [6, 6.07) is 8.97. The molecule has 1 aliphatic carbocycles. The highest BCUT2D eigenvalue weighted by molar-refractivity contribution is 5.56. The molecule has 0 bridgehead atoms. The molecule has 0 fully saturated rings. The summed E-state index contributed by atoms with van der Waals surface area (Å²) in [4.78, 5) is 2.43. The molecular formula is C21H23NO4. The smallest absolute Gasteiger partial charge is 0.231 e. The van der Waals surface area contributed by atoms with Crippen LogP contribution in [-0.2, 0) is 13.0 Å². The molecule has 26 heavy (non-hydrogen) atoms. The Bertz CT molecular complexity index is 879. The summed E-state index contributed by atoms with van der Waals surface area (Å²) < 4.78 is 22.4. The zero-order chi connectivity index (χ0) is 17.8. The predicted molar refractivity (Wildman–Crippen MR) is 97.4 cm³/mol. The summed E-state index contributed by atoms with van der Waals surface area (Å²) in [5, 5.41) is 0. The van der Waals surface area contributed by atoms with Gasteiger partial charge in [0.15, 0.2) is 23.0 Å². The van der Waals surface area contributed by atoms with E-state index < -0.39 is 0 Å². The first-order valence-corrected chi connectivity index (χ1v) is 9.07. The second-order valence-corrected chi connectivity index (χ2v) is 7.28. The van der Waals surface area contributed by atoms with Crippen molar-refractivity contribution in [3.8, 4) is 23.0 Å². The average molecular weight is 353 g/mol. The number of benzene rings is 2. The number of fused-ring (bicyclic) bond motifs is 6. The third-order valence-corrected chi connectivity index (χ3v) is 6.03. The average Bonchev–Trinajstić information content (AvgIpc) is 3.12. The molecule has 0 aromatic heterocycles. The van der Waals surface area contributed by atoms with Crippen LogP contribution < -0.4 is 18.9 Å². The highest BCUT2D eigenvalue weighted by Gasteiger charge is 2.40. The number of hydrogen-bond acceptors (Lipinski definition) is 5. The molecule has 3 aliphatic rings. The third-order valence-electron chi connectivity index (χ3n) is 6.03. The van der Waals surface area contributed by atoms with Crippen LogP contribution in [-0.4, -0.2) is 33.0 Å². The van der Waals surface area contributed by atoms with Gasteiger partial charge in [-0.3, -0.25) is 4.90 Å². The second-order valence-electron chi connectivity index (χ2n) is 7.28. The fourth-order valence-electron chi connectivity index (χ4n) is 4.91. The van der Waals surface area contributed by atoms with Crippen molar-refractivity contribution in [3.63, 3.8) is 0 Å². The molecule has 0 spiro atoms. The summed E-state index contributed by atoms with van der Waals surface area (Å²) in [5.41, 5.74) is 5.38. The van der Waals surface area contributed by atoms with Crippen LogP contribution in [0.25, 0.3) is 0 Å². The maximum absolute atomic E-state index is 5.70. The minimum Gasteiger partial charge on any atom is -0.493 e. The van der Waals surface area contributed by atoms with Gasteiger partial charge in [0.2, 0.25) is 6.79 Å². The number of methoxy groups -OCH3 is 2. The quantitative estimate of drug-likeness (QED) is 0.824. The molecule has 2 aliphatic heterocycles. The molecule has 0 saturated carbocycles. The molecule has 2 heterocycles. The maximum atomic E-state index is 5.70. The van der Waals surface area contributed by atoms with E-state index in [0.717, 1.165) is 42.4 Å². The summed E-state index contributed by atoms with van der Waals surface area (Å²) in [5.74, 6) is 3.87. The molecule has 0 unspecified atom stereocenters. The van der Waals surface area contributed by atoms with Gasteiger partial charge >= 0.3 is 0 Å². The Balaban J connectivity index is 1.63. The van der Waals surface area contributed by atoms with E-state index in [0.29, 0.717) is 18.8 Å². The van der Waals surface area contributed by atoms with Gasteiger partial charge < -0.3 is 18.9 Å². The van der Waals surface area contributed by atoms with Crippen molar-refractivity contribution in [1.82, 2.24) is 4.90 Å². The van der Waals surface area contributed by atoms with Gasteiger partial charge in [0, 0.05) is 24.1 Å². The monoisotopic (exact) mass is 353 g/mol. The molecule has 5 rings (SSSR count). The van der Waals surface area contributed by atoms with Gasteiger partial charge in [-0.05, 0) is 54.8 Å². The van der Waals surface area contributed by atoms with Crippen molar-refractivity contribution >= 4 is 0 Å². The molecule has 0 radical (unpaired) electrons. The highest BCUT2D eigenvalue weighted by atomic mass is 16.7. The Hall–Kier alpha value is -2.40. The third kappa shape index (κ3) is 2.13. The lowest BCUT2D eigenvalue weighted by Gasteiger charge is -2.44. The van der Waals surface area contributed by atoms with Gasteiger partial charge in [0.25, 0.3) is 0 Å². The molecule has 0 saturated heterocycles. The Morgan fingerprint density at radius 1 is 1.04 bits per heavy atom. The van der Waals surface area contributed by atoms with E-state index in [1.54, 1.807) is 14.2 Å². The van der Waals surface area contributed by atoms with Crippen LogP contribution >= 0.6 is 0 Å². The standard InChI is InChI=1S/C21H23NO4/c1-22-10-16-13(6-7-17(23-2)21(16)24-3)14-5-4-12-8-18-19(26-11-25-18)9-15(12)20(14)22/h6-9,14,20H,4-5,10-11H2,1-3H3/t14-,20+/m0/s1. The van der Waals surface area contributed by atoms with Crippen molar-refractivity contribution < 1.29 is 18.9 Å². The summed E-state index contributed by atoms with van der Waals surface area (Å²) in [7, 11) is 5.61. The number of nitrogens with zero attached hydrogens (tertiary/aromatic N) is 1. The van der Waals surface area contributed by atoms with Crippen LogP contribution in [0.15, 0.2) is 24.3 Å². The molecule has 2 aromatic carbocycles. The van der Waals surface area contributed by atoms with Gasteiger partial charge in [-0.2, -0.15) is 0 Å². The van der Waals surface area contributed by atoms with E-state index >= 15 is 0 Å². The van der Waals surface area contributed by atoms with Crippen LogP contribution in [0.4, 0.5) is 0 Å². The Labute approximate surface area is 153 Å². The zero-order valence-electron chi connectivity index (χ0n) is 15.4. The van der Waals surface area contributed by atoms with Crippen molar-refractivity contribution in [1.29, 1.82) is 0 Å². The lowest BCUT2D eigenvalue weighted by Crippen LogP contribution is -2.37. The lowest BCUT2D eigenvalue weighted by atomic mass is 9.72. The maximum Gasteiger partial charge on any atom is 0.231 e. The first kappa shape index (κ1) is 15.8. The fourth-order valence-corrected chi connectivity index (χ4v) is 4.91. The van der Waals surface area contributed by atoms with Gasteiger partial charge in [0.05, 0.1) is 14.2 Å². The van der Waals surface area contributed by atoms with Gasteiger partial charge in [-0.25, -0.2) is 0 Å². The minimum atomic E-state index is 0.321. The number of ether oxygens (including phenoxy) is 4. The molecule has 136 valence electrons. The molecule has 5 heteroatoms. The molecule has 2 aromatic rings. The molecule has 5 nitrogen and oxygen atoms in total. The zero-order valence-corrected chi connectivity index (χ0v) is 15.4. The van der Waals surface area contributed by atoms with Crippen LogP contribution in [0.3, 0.4) is 0 Å². The first-order valence-electron chi connectivity index (χ1n) is 9.07. The van der Waals surface area contributed by atoms with Crippen molar-refractivity contribution in [2.75, 3.05) is 28.1 Å². The summed E-state index contributed by atoms with van der Waals surface area (Å²) in [6.07, 6.45) is 2.17. The van der Waals surface area contributed by atoms with E-state index in [2.05, 4.69) is 30.1 Å². The Morgan fingerprint density at radius 2 is 1.85 bits per heavy atom. The Kier molecular flexibility index (Phi) is 3.54. The number of hydrogen-bond donors (Lipinski definition) is 0. The van der Waals surface area contributed by atoms with Crippen LogP contribution in [0.1, 0.15) is 40.6 Å². The summed E-state index contributed by atoms with van der Waals surface area (Å²) in [6.45, 7) is 1.16. The molecule has 0 N–H and O–H groups in total. The topological polar surface area (TPSA) is 40.2 Å². The van der Waals surface area contributed by atoms with Gasteiger partial charge in [0.1, 0.15) is 0 Å². The van der Waals surface area contributed by atoms with E-state index in [-0.39, 0.29) is 0 Å². The van der Waals surface area contributed by atoms with Crippen molar-refractivity contribution in [2.24, 2.45) is 0 Å². The largest absolute Gasteiger partial charge is 0.493 e. The van der Waals surface area contributed by atoms with Gasteiger partial charge in [-0.15, -0.1) is 0 Å². The van der Waals surface area contributed by atoms with E-state index in [4.69, 9.17) is 18.9 Å². The van der Waals surface area contributed by atoms with Crippen LogP contribution in [0.5, 0.6) is 23.0 Å². The number of aryl methyl sites for hydroxylation is 1. The van der Waals surface area contributed by atoms with Crippen molar-refractivity contribution in [2.45, 2.75) is 31.3 Å². The lowest BCUT2D eigenvalue weighted by molar-refractivity contribution is 0.165. The normalized spacial score (nSPS) is 23.0. The molecule has 2 atom stereocenters. The van der Waals surface area contributed by atoms with E-state index in [1.807, 2.05) is 6.07 Å². The van der Waals surface area contributed by atoms with Crippen molar-refractivity contribution in [3.05, 3.63) is 46.5 Å². The Morgan fingerprint density at radius 3 is 2.62 bits per heavy atom. The van der Waals surface area contributed by atoms with E-state index in [9.17, 15) is 0 Å². The first-order chi connectivity index (χ1) is 12.7. The SMILES string of the molecule is COc1ccc2c(c1OC)CN(C)[C@H]1c3cc4c(cc3CC[C@@H]21)OCO4. The highest BCUT2D eigenvalue weighted by Crippen LogP contribution is 2.53. The second kappa shape index (κ2) is 5.81. The minimum absolute atomic E-state index is 0.321. The van der Waals surface area contributed by atoms with Crippen LogP contribution in [0.2, 0.25) is 0 Å². The molecular weight excluding hydrogens is 330 g/mol. The molecule has 0 amide bonds. The number of likely N-dealkylation sites (N-methyl/N-ethyl adjacent to an activating group) is 1. The predicted octanol–water partition coefficient (Wildman–Crippen LogP) is 3.65. The fraction of sp³-hybridized carbons (Fsp3) is 0.429. The van der Waals surface area contributed by atoms with Gasteiger partial charge in [-0.1, -0.05) is 6.07 Å². The number of rotatable bonds is 2. The summed E-state index contributed by atoms with van der Waals surface area (Å²) >= 11 is 0. The van der Waals surface area contributed by atoms with Crippen LogP contribution in [0, 0.1) is 0 Å².